The van der Waals surface area contributed by atoms with Gasteiger partial charge in [0, 0.05) is 0 Å². The van der Waals surface area contributed by atoms with Crippen LogP contribution in [-0.4, -0.2) is 11.2 Å². The SMILES string of the molecule is C=CC(C)O.N.N.[H-].[Na+]. The van der Waals surface area contributed by atoms with Gasteiger partial charge in [0.15, 0.2) is 0 Å². The Labute approximate surface area is 74.1 Å². The average Bonchev–Trinajstić information content (AvgIpc) is 1.38. The number of aliphatic hydroxyl groups is 1. The fraction of sp³-hybridized carbons (Fsp3) is 0.500. The third kappa shape index (κ3) is 30.5. The van der Waals surface area contributed by atoms with Crippen LogP contribution in [0.15, 0.2) is 12.7 Å². The number of aliphatic hydroxyl groups excluding tert-OH is 1. The summed E-state index contributed by atoms with van der Waals surface area (Å²) < 4.78 is 0. The second-order valence-electron chi connectivity index (χ2n) is 0.976. The molecular weight excluding hydrogens is 115 g/mol. The Morgan fingerprint density at radius 3 is 1.75 bits per heavy atom. The third-order valence-electron chi connectivity index (χ3n) is 0.341. The molecule has 1 atom stereocenters. The predicted molar refractivity (Wildman–Crippen MR) is 33.0 cm³/mol. The van der Waals surface area contributed by atoms with Gasteiger partial charge in [0.2, 0.25) is 0 Å². The van der Waals surface area contributed by atoms with Crippen LogP contribution in [0.5, 0.6) is 0 Å². The molecule has 8 heavy (non-hydrogen) atoms. The average molecular weight is 130 g/mol. The van der Waals surface area contributed by atoms with Crippen molar-refractivity contribution in [3.63, 3.8) is 0 Å². The first-order valence-electron chi connectivity index (χ1n) is 1.58. The maximum Gasteiger partial charge on any atom is 1.00 e. The van der Waals surface area contributed by atoms with Crippen LogP contribution in [0.2, 0.25) is 0 Å². The molecule has 0 aromatic heterocycles. The van der Waals surface area contributed by atoms with Crippen LogP contribution in [0.25, 0.3) is 0 Å². The van der Waals surface area contributed by atoms with Crippen LogP contribution >= 0.6 is 0 Å². The van der Waals surface area contributed by atoms with Crippen molar-refractivity contribution in [2.24, 2.45) is 0 Å². The second kappa shape index (κ2) is 15.6. The van der Waals surface area contributed by atoms with Crippen LogP contribution in [0.1, 0.15) is 8.35 Å². The second-order valence-corrected chi connectivity index (χ2v) is 0.976. The first-order valence-corrected chi connectivity index (χ1v) is 1.58. The van der Waals surface area contributed by atoms with E-state index in [1.165, 1.54) is 6.08 Å². The van der Waals surface area contributed by atoms with Crippen LogP contribution < -0.4 is 41.9 Å². The van der Waals surface area contributed by atoms with Gasteiger partial charge in [0.1, 0.15) is 0 Å². The van der Waals surface area contributed by atoms with Crippen molar-refractivity contribution in [3.05, 3.63) is 12.7 Å². The van der Waals surface area contributed by atoms with E-state index in [4.69, 9.17) is 5.11 Å². The standard InChI is InChI=1S/C4H8O.2H3N.Na.H/c1-3-4(2)5;;;;/h3-5H,1H2,2H3;2*1H3;;/q;;;+1;-1. The molecule has 0 rings (SSSR count). The number of hydrogen-bond acceptors (Lipinski definition) is 3. The molecule has 0 amide bonds. The van der Waals surface area contributed by atoms with Crippen LogP contribution in [0.3, 0.4) is 0 Å². The van der Waals surface area contributed by atoms with E-state index >= 15 is 0 Å². The van der Waals surface area contributed by atoms with Crippen LogP contribution in [-0.2, 0) is 0 Å². The van der Waals surface area contributed by atoms with E-state index in [1.54, 1.807) is 6.92 Å². The zero-order valence-electron chi connectivity index (χ0n) is 6.72. The van der Waals surface area contributed by atoms with E-state index in [0.717, 1.165) is 0 Å². The predicted octanol–water partition coefficient (Wildman–Crippen LogP) is -2.01. The Balaban J connectivity index is -0.0000000133. The topological polar surface area (TPSA) is 90.2 Å². The molecule has 0 bridgehead atoms. The molecule has 7 N–H and O–H groups in total. The van der Waals surface area contributed by atoms with Gasteiger partial charge in [-0.15, -0.1) is 6.58 Å². The van der Waals surface area contributed by atoms with Crippen molar-refractivity contribution in [1.82, 2.24) is 12.3 Å². The number of hydrogen-bond donors (Lipinski definition) is 3. The zero-order chi connectivity index (χ0) is 4.28. The fourth-order valence-corrected chi connectivity index (χ4v) is 0. The van der Waals surface area contributed by atoms with Crippen LogP contribution in [0, 0.1) is 0 Å². The molecule has 3 nitrogen and oxygen atoms in total. The first kappa shape index (κ1) is 23.4. The molecule has 1 unspecified atom stereocenters. The van der Waals surface area contributed by atoms with Gasteiger partial charge >= 0.3 is 29.6 Å². The molecule has 0 aromatic rings. The molecule has 0 aliphatic heterocycles. The largest absolute Gasteiger partial charge is 1.00 e. The van der Waals surface area contributed by atoms with Crippen molar-refractivity contribution in [3.8, 4) is 0 Å². The van der Waals surface area contributed by atoms with E-state index in [9.17, 15) is 0 Å². The summed E-state index contributed by atoms with van der Waals surface area (Å²) in [4.78, 5) is 0. The quantitative estimate of drug-likeness (QED) is 0.283. The molecule has 4 heteroatoms. The number of rotatable bonds is 1. The van der Waals surface area contributed by atoms with Gasteiger partial charge in [-0.05, 0) is 6.92 Å². The van der Waals surface area contributed by atoms with Gasteiger partial charge in [-0.1, -0.05) is 6.08 Å². The Bertz CT molecular complexity index is 45.5. The molecule has 0 fully saturated rings. The molecule has 0 spiro atoms. The maximum absolute atomic E-state index is 8.24. The van der Waals surface area contributed by atoms with Crippen molar-refractivity contribution in [2.45, 2.75) is 13.0 Å². The summed E-state index contributed by atoms with van der Waals surface area (Å²) >= 11 is 0. The Hall–Kier alpha value is 0.620. The van der Waals surface area contributed by atoms with E-state index in [0.29, 0.717) is 0 Å². The van der Waals surface area contributed by atoms with Gasteiger partial charge in [0.25, 0.3) is 0 Å². The van der Waals surface area contributed by atoms with E-state index < -0.39 is 0 Å². The third-order valence-corrected chi connectivity index (χ3v) is 0.341. The minimum absolute atomic E-state index is 0. The molecule has 0 saturated carbocycles. The van der Waals surface area contributed by atoms with Gasteiger partial charge in [-0.3, -0.25) is 0 Å². The summed E-state index contributed by atoms with van der Waals surface area (Å²) in [5.41, 5.74) is 0. The minimum Gasteiger partial charge on any atom is -1.00 e. The molecule has 0 aromatic carbocycles. The zero-order valence-corrected chi connectivity index (χ0v) is 7.72. The first-order chi connectivity index (χ1) is 2.27. The van der Waals surface area contributed by atoms with E-state index in [-0.39, 0.29) is 49.4 Å². The smallest absolute Gasteiger partial charge is 1.00 e. The molecule has 48 valence electrons. The summed E-state index contributed by atoms with van der Waals surface area (Å²) in [7, 11) is 0. The molecular formula is C4H15N2NaO. The minimum atomic E-state index is -0.352. The van der Waals surface area contributed by atoms with Gasteiger partial charge in [0.05, 0.1) is 6.10 Å². The summed E-state index contributed by atoms with van der Waals surface area (Å²) in [6.45, 7) is 4.97. The van der Waals surface area contributed by atoms with Crippen LogP contribution in [0.4, 0.5) is 0 Å². The van der Waals surface area contributed by atoms with Crippen molar-refractivity contribution in [1.29, 1.82) is 0 Å². The summed E-state index contributed by atoms with van der Waals surface area (Å²) in [6.07, 6.45) is 1.12. The molecule has 0 heterocycles. The summed E-state index contributed by atoms with van der Waals surface area (Å²) in [6, 6.07) is 0. The normalized spacial score (nSPS) is 8.75. The Morgan fingerprint density at radius 2 is 1.75 bits per heavy atom. The summed E-state index contributed by atoms with van der Waals surface area (Å²) in [5.74, 6) is 0. The van der Waals surface area contributed by atoms with E-state index in [2.05, 4.69) is 6.58 Å². The van der Waals surface area contributed by atoms with Gasteiger partial charge in [-0.25, -0.2) is 0 Å². The molecule has 0 radical (unpaired) electrons. The molecule has 0 aliphatic carbocycles. The fourth-order valence-electron chi connectivity index (χ4n) is 0. The maximum atomic E-state index is 8.24. The Morgan fingerprint density at radius 1 is 1.62 bits per heavy atom. The molecule has 0 saturated heterocycles. The monoisotopic (exact) mass is 130 g/mol. The summed E-state index contributed by atoms with van der Waals surface area (Å²) in [5, 5.41) is 8.24. The van der Waals surface area contributed by atoms with Crippen molar-refractivity contribution >= 4 is 0 Å². The Kier molecular flexibility index (Phi) is 45.9. The van der Waals surface area contributed by atoms with E-state index in [1.807, 2.05) is 0 Å². The van der Waals surface area contributed by atoms with Gasteiger partial charge in [-0.2, -0.15) is 0 Å². The van der Waals surface area contributed by atoms with Crippen molar-refractivity contribution in [2.75, 3.05) is 0 Å². The van der Waals surface area contributed by atoms with Gasteiger partial charge < -0.3 is 18.8 Å². The van der Waals surface area contributed by atoms with Crippen molar-refractivity contribution < 1.29 is 36.1 Å². The molecule has 0 aliphatic rings.